The van der Waals surface area contributed by atoms with Crippen LogP contribution in [0.2, 0.25) is 0 Å². The molecule has 1 N–H and O–H groups in total. The van der Waals surface area contributed by atoms with E-state index in [4.69, 9.17) is 14.0 Å². The van der Waals surface area contributed by atoms with E-state index in [0.717, 1.165) is 24.2 Å². The van der Waals surface area contributed by atoms with Crippen molar-refractivity contribution in [3.63, 3.8) is 0 Å². The van der Waals surface area contributed by atoms with Crippen LogP contribution in [-0.4, -0.2) is 46.9 Å². The molecule has 1 aromatic heterocycles. The van der Waals surface area contributed by atoms with Gasteiger partial charge in [-0.3, -0.25) is 4.90 Å². The molecule has 182 valence electrons. The Morgan fingerprint density at radius 3 is 2.63 bits per heavy atom. The largest absolute Gasteiger partial charge is 0.494 e. The summed E-state index contributed by atoms with van der Waals surface area (Å²) >= 11 is 0. The molecule has 3 heterocycles. The molecule has 0 saturated carbocycles. The first-order valence-corrected chi connectivity index (χ1v) is 11.8. The van der Waals surface area contributed by atoms with Gasteiger partial charge in [0.15, 0.2) is 0 Å². The van der Waals surface area contributed by atoms with Gasteiger partial charge in [-0.2, -0.15) is 4.98 Å². The Balaban J connectivity index is 1.52. The summed E-state index contributed by atoms with van der Waals surface area (Å²) in [6.45, 7) is 5.50. The molecule has 2 aliphatic rings. The molecule has 35 heavy (non-hydrogen) atoms. The number of rotatable bonds is 7. The molecular formula is C26H27FN4O4. The number of halogens is 1. The van der Waals surface area contributed by atoms with Crippen molar-refractivity contribution in [1.29, 1.82) is 0 Å². The quantitative estimate of drug-likeness (QED) is 0.517. The molecule has 0 radical (unpaired) electrons. The number of benzene rings is 2. The zero-order chi connectivity index (χ0) is 24.4. The Morgan fingerprint density at radius 2 is 1.94 bits per heavy atom. The monoisotopic (exact) mass is 478 g/mol. The smallest absolute Gasteiger partial charge is 0.322 e. The third kappa shape index (κ3) is 4.77. The van der Waals surface area contributed by atoms with Crippen molar-refractivity contribution in [1.82, 2.24) is 20.4 Å². The molecule has 0 bridgehead atoms. The molecule has 1 saturated heterocycles. The van der Waals surface area contributed by atoms with Crippen LogP contribution in [0, 0.1) is 5.82 Å². The van der Waals surface area contributed by atoms with E-state index in [-0.39, 0.29) is 23.8 Å². The van der Waals surface area contributed by atoms with E-state index in [9.17, 15) is 9.18 Å². The summed E-state index contributed by atoms with van der Waals surface area (Å²) in [7, 11) is 0. The predicted octanol–water partition coefficient (Wildman–Crippen LogP) is 4.95. The first-order chi connectivity index (χ1) is 17.0. The minimum atomic E-state index is -0.572. The van der Waals surface area contributed by atoms with Gasteiger partial charge in [0.2, 0.25) is 5.82 Å². The molecule has 5 rings (SSSR count). The fraction of sp³-hybridized carbons (Fsp3) is 0.346. The molecule has 9 heteroatoms. The lowest BCUT2D eigenvalue weighted by Gasteiger charge is -2.36. The molecule has 2 amide bonds. The van der Waals surface area contributed by atoms with Gasteiger partial charge in [-0.15, -0.1) is 0 Å². The van der Waals surface area contributed by atoms with Crippen LogP contribution in [0.3, 0.4) is 0 Å². The van der Waals surface area contributed by atoms with Crippen LogP contribution in [0.25, 0.3) is 17.0 Å². The third-order valence-corrected chi connectivity index (χ3v) is 6.29. The second-order valence-electron chi connectivity index (χ2n) is 8.56. The minimum Gasteiger partial charge on any atom is -0.494 e. The van der Waals surface area contributed by atoms with Gasteiger partial charge in [-0.25, -0.2) is 9.18 Å². The van der Waals surface area contributed by atoms with Crippen LogP contribution in [0.1, 0.15) is 44.2 Å². The molecule has 2 atom stereocenters. The number of aromatic nitrogens is 2. The lowest BCUT2D eigenvalue weighted by Crippen LogP contribution is -2.48. The lowest BCUT2D eigenvalue weighted by atomic mass is 9.94. The van der Waals surface area contributed by atoms with E-state index in [1.807, 2.05) is 38.1 Å². The van der Waals surface area contributed by atoms with Gasteiger partial charge in [0.1, 0.15) is 11.6 Å². The normalized spacial score (nSPS) is 20.3. The summed E-state index contributed by atoms with van der Waals surface area (Å²) < 4.78 is 30.6. The fourth-order valence-electron chi connectivity index (χ4n) is 4.49. The third-order valence-electron chi connectivity index (χ3n) is 6.29. The summed E-state index contributed by atoms with van der Waals surface area (Å²) in [5.41, 5.74) is 2.85. The van der Waals surface area contributed by atoms with Gasteiger partial charge >= 0.3 is 6.03 Å². The molecule has 2 aromatic carbocycles. The zero-order valence-electron chi connectivity index (χ0n) is 19.7. The predicted molar refractivity (Wildman–Crippen MR) is 127 cm³/mol. The van der Waals surface area contributed by atoms with Crippen molar-refractivity contribution in [2.45, 2.75) is 38.8 Å². The molecule has 1 fully saturated rings. The molecule has 0 aliphatic carbocycles. The zero-order valence-corrected chi connectivity index (χ0v) is 19.7. The summed E-state index contributed by atoms with van der Waals surface area (Å²) in [6, 6.07) is 12.6. The average molecular weight is 479 g/mol. The molecule has 8 nitrogen and oxygen atoms in total. The van der Waals surface area contributed by atoms with E-state index in [2.05, 4.69) is 15.5 Å². The Bertz CT molecular complexity index is 1220. The Kier molecular flexibility index (Phi) is 6.50. The van der Waals surface area contributed by atoms with Gasteiger partial charge in [0.05, 0.1) is 30.9 Å². The van der Waals surface area contributed by atoms with Crippen molar-refractivity contribution < 1.29 is 23.2 Å². The number of carbonyl (C=O) groups is 1. The highest BCUT2D eigenvalue weighted by atomic mass is 19.1. The standard InChI is InChI=1S/C26H27FN4O4/c1-3-33-20-12-8-18(9-13-20)24-29-25(35-30-24)22-16(2)31(15-21-5-4-14-34-21)26(32)28-23(22)17-6-10-19(27)11-7-17/h6-13,21,23H,3-5,14-15H2,1-2H3,(H,28,32). The second kappa shape index (κ2) is 9.87. The first-order valence-electron chi connectivity index (χ1n) is 11.8. The topological polar surface area (TPSA) is 89.7 Å². The number of nitrogens with zero attached hydrogens (tertiary/aromatic N) is 3. The van der Waals surface area contributed by atoms with E-state index in [0.29, 0.717) is 42.4 Å². The van der Waals surface area contributed by atoms with Crippen LogP contribution in [-0.2, 0) is 4.74 Å². The summed E-state index contributed by atoms with van der Waals surface area (Å²) in [5, 5.41) is 7.22. The highest BCUT2D eigenvalue weighted by Gasteiger charge is 2.37. The number of hydrogen-bond acceptors (Lipinski definition) is 6. The summed E-state index contributed by atoms with van der Waals surface area (Å²) in [5.74, 6) is 1.12. The summed E-state index contributed by atoms with van der Waals surface area (Å²) in [4.78, 5) is 19.4. The van der Waals surface area contributed by atoms with Crippen molar-refractivity contribution >= 4 is 11.6 Å². The van der Waals surface area contributed by atoms with Gasteiger partial charge in [-0.1, -0.05) is 17.3 Å². The van der Waals surface area contributed by atoms with Crippen LogP contribution in [0.5, 0.6) is 5.75 Å². The molecular weight excluding hydrogens is 451 g/mol. The number of ether oxygens (including phenoxy) is 2. The summed E-state index contributed by atoms with van der Waals surface area (Å²) in [6.07, 6.45) is 1.85. The van der Waals surface area contributed by atoms with Crippen molar-refractivity contribution in [2.75, 3.05) is 19.8 Å². The lowest BCUT2D eigenvalue weighted by molar-refractivity contribution is 0.0877. The van der Waals surface area contributed by atoms with E-state index in [1.165, 1.54) is 12.1 Å². The Hall–Kier alpha value is -3.72. The maximum atomic E-state index is 13.6. The van der Waals surface area contributed by atoms with Crippen LogP contribution < -0.4 is 10.1 Å². The van der Waals surface area contributed by atoms with Crippen LogP contribution in [0.15, 0.2) is 58.8 Å². The number of allylic oxidation sites excluding steroid dienone is 1. The Labute approximate surface area is 202 Å². The number of urea groups is 1. The van der Waals surface area contributed by atoms with Crippen molar-refractivity contribution in [2.24, 2.45) is 0 Å². The van der Waals surface area contributed by atoms with Crippen LogP contribution >= 0.6 is 0 Å². The van der Waals surface area contributed by atoms with Gasteiger partial charge < -0.3 is 19.3 Å². The van der Waals surface area contributed by atoms with Gasteiger partial charge in [-0.05, 0) is 68.7 Å². The second-order valence-corrected chi connectivity index (χ2v) is 8.56. The van der Waals surface area contributed by atoms with Gasteiger partial charge in [0, 0.05) is 17.9 Å². The van der Waals surface area contributed by atoms with E-state index in [1.54, 1.807) is 17.0 Å². The highest BCUT2D eigenvalue weighted by Crippen LogP contribution is 2.38. The first kappa shape index (κ1) is 23.0. The molecule has 2 aliphatic heterocycles. The number of carbonyl (C=O) groups excluding carboxylic acids is 1. The Morgan fingerprint density at radius 1 is 1.17 bits per heavy atom. The van der Waals surface area contributed by atoms with Crippen molar-refractivity contribution in [3.8, 4) is 17.1 Å². The molecule has 2 unspecified atom stereocenters. The average Bonchev–Trinajstić information content (AvgIpc) is 3.55. The number of amides is 2. The van der Waals surface area contributed by atoms with Crippen LogP contribution in [0.4, 0.5) is 9.18 Å². The molecule has 0 spiro atoms. The van der Waals surface area contributed by atoms with Crippen molar-refractivity contribution in [3.05, 3.63) is 71.5 Å². The maximum absolute atomic E-state index is 13.6. The molecule has 3 aromatic rings. The SMILES string of the molecule is CCOc1ccc(-c2noc(C3=C(C)N(CC4CCCO4)C(=O)NC3c3ccc(F)cc3)n2)cc1. The minimum absolute atomic E-state index is 0.0265. The highest BCUT2D eigenvalue weighted by molar-refractivity contribution is 5.87. The van der Waals surface area contributed by atoms with E-state index >= 15 is 0 Å². The number of nitrogens with one attached hydrogen (secondary N) is 1. The van der Waals surface area contributed by atoms with E-state index < -0.39 is 6.04 Å². The van der Waals surface area contributed by atoms with Gasteiger partial charge in [0.25, 0.3) is 5.89 Å². The fourth-order valence-corrected chi connectivity index (χ4v) is 4.49. The maximum Gasteiger partial charge on any atom is 0.322 e. The number of hydrogen-bond donors (Lipinski definition) is 1.